The molecule has 4 heterocycles. The van der Waals surface area contributed by atoms with Gasteiger partial charge in [-0.1, -0.05) is 31.6 Å². The van der Waals surface area contributed by atoms with E-state index in [1.807, 2.05) is 34.9 Å². The molecule has 0 unspecified atom stereocenters. The topological polar surface area (TPSA) is 83.2 Å². The molecule has 1 saturated carbocycles. The number of fused-ring (bicyclic) bond motifs is 1. The van der Waals surface area contributed by atoms with Crippen LogP contribution < -0.4 is 0 Å². The Bertz CT molecular complexity index is 1620. The molecule has 2 amide bonds. The fraction of sp³-hybridized carbons (Fsp3) is 0.469. The molecule has 0 N–H and O–H groups in total. The standard InChI is InChI=1S/C32H35F3N6O2/c1-20-3-4-22(15-20)18-28(42)39-11-13-40(14-12-39)31(43)24-6-5-23(16-21(24)2)17-26-30-38-19-27(41(30)10-9-36-26)25-7-8-37-29(25)32(33,34)35/h5-7,9-10,16,19-20,22H,3-4,8,11-15,17-18H2,1-2H3/t20-,22+/m1/s1. The zero-order chi connectivity index (χ0) is 30.3. The van der Waals surface area contributed by atoms with Crippen molar-refractivity contribution in [3.8, 4) is 0 Å². The van der Waals surface area contributed by atoms with Gasteiger partial charge < -0.3 is 9.80 Å². The number of carbonyl (C=O) groups is 2. The molecule has 2 aromatic heterocycles. The molecule has 0 spiro atoms. The number of rotatable bonds is 6. The number of hydrogen-bond donors (Lipinski definition) is 0. The van der Waals surface area contributed by atoms with E-state index in [0.29, 0.717) is 73.5 Å². The molecule has 0 radical (unpaired) electrons. The van der Waals surface area contributed by atoms with Crippen molar-refractivity contribution in [2.75, 3.05) is 32.7 Å². The molecular weight excluding hydrogens is 557 g/mol. The summed E-state index contributed by atoms with van der Waals surface area (Å²) in [7, 11) is 0. The Labute approximate surface area is 248 Å². The Kier molecular flexibility index (Phi) is 7.83. The number of nitrogens with zero attached hydrogens (tertiary/aromatic N) is 6. The lowest BCUT2D eigenvalue weighted by Gasteiger charge is -2.35. The van der Waals surface area contributed by atoms with E-state index in [9.17, 15) is 22.8 Å². The number of aromatic nitrogens is 3. The summed E-state index contributed by atoms with van der Waals surface area (Å²) >= 11 is 0. The minimum atomic E-state index is -4.54. The Morgan fingerprint density at radius 2 is 1.81 bits per heavy atom. The monoisotopic (exact) mass is 592 g/mol. The van der Waals surface area contributed by atoms with Gasteiger partial charge in [-0.05, 0) is 48.8 Å². The van der Waals surface area contributed by atoms with E-state index in [2.05, 4.69) is 21.9 Å². The highest BCUT2D eigenvalue weighted by molar-refractivity contribution is 6.27. The summed E-state index contributed by atoms with van der Waals surface area (Å²) in [5.74, 6) is 1.35. The fourth-order valence-corrected chi connectivity index (χ4v) is 6.66. The predicted molar refractivity (Wildman–Crippen MR) is 157 cm³/mol. The van der Waals surface area contributed by atoms with Gasteiger partial charge >= 0.3 is 6.18 Å². The number of aliphatic imine (C=N–C) groups is 1. The first kappa shape index (κ1) is 29.1. The zero-order valence-electron chi connectivity index (χ0n) is 24.4. The maximum atomic E-state index is 13.5. The Hall–Kier alpha value is -4.02. The third kappa shape index (κ3) is 5.94. The number of hydrogen-bond acceptors (Lipinski definition) is 5. The lowest BCUT2D eigenvalue weighted by atomic mass is 10.0. The average molecular weight is 593 g/mol. The van der Waals surface area contributed by atoms with Crippen molar-refractivity contribution in [2.45, 2.75) is 52.1 Å². The van der Waals surface area contributed by atoms with Gasteiger partial charge in [0.2, 0.25) is 5.91 Å². The summed E-state index contributed by atoms with van der Waals surface area (Å²) in [5, 5.41) is 0. The van der Waals surface area contributed by atoms with Crippen LogP contribution in [-0.4, -0.2) is 80.6 Å². The van der Waals surface area contributed by atoms with Crippen molar-refractivity contribution in [1.29, 1.82) is 0 Å². The average Bonchev–Trinajstić information content (AvgIpc) is 3.73. The van der Waals surface area contributed by atoms with Crippen LogP contribution in [0.25, 0.3) is 11.2 Å². The Morgan fingerprint density at radius 3 is 2.51 bits per heavy atom. The summed E-state index contributed by atoms with van der Waals surface area (Å²) < 4.78 is 42.1. The first-order chi connectivity index (χ1) is 20.6. The van der Waals surface area contributed by atoms with Crippen LogP contribution in [0.4, 0.5) is 13.2 Å². The minimum Gasteiger partial charge on any atom is -0.339 e. The van der Waals surface area contributed by atoms with Crippen LogP contribution >= 0.6 is 0 Å². The minimum absolute atomic E-state index is 0.0181. The zero-order valence-corrected chi connectivity index (χ0v) is 24.4. The van der Waals surface area contributed by atoms with Crippen LogP contribution in [0.15, 0.2) is 47.9 Å². The maximum absolute atomic E-state index is 13.5. The normalized spacial score (nSPS) is 21.0. The molecule has 3 aromatic rings. The molecule has 8 nitrogen and oxygen atoms in total. The number of halogens is 3. The highest BCUT2D eigenvalue weighted by Crippen LogP contribution is 2.34. The number of amides is 2. The lowest BCUT2D eigenvalue weighted by Crippen LogP contribution is -2.50. The van der Waals surface area contributed by atoms with Crippen LogP contribution in [-0.2, 0) is 11.2 Å². The number of carbonyl (C=O) groups excluding carboxylic acids is 2. The van der Waals surface area contributed by atoms with E-state index >= 15 is 0 Å². The van der Waals surface area contributed by atoms with E-state index in [4.69, 9.17) is 0 Å². The van der Waals surface area contributed by atoms with Crippen molar-refractivity contribution in [3.63, 3.8) is 0 Å². The van der Waals surface area contributed by atoms with Gasteiger partial charge in [-0.25, -0.2) is 4.98 Å². The molecule has 0 bridgehead atoms. The van der Waals surface area contributed by atoms with Crippen molar-refractivity contribution >= 4 is 28.7 Å². The summed E-state index contributed by atoms with van der Waals surface area (Å²) in [6.45, 7) is 6.26. The number of allylic oxidation sites excluding steroid dienone is 1. The molecule has 6 rings (SSSR count). The Balaban J connectivity index is 1.11. The van der Waals surface area contributed by atoms with Crippen molar-refractivity contribution in [1.82, 2.24) is 24.2 Å². The second-order valence-corrected chi connectivity index (χ2v) is 12.0. The predicted octanol–water partition coefficient (Wildman–Crippen LogP) is 5.14. The number of aryl methyl sites for hydroxylation is 1. The summed E-state index contributed by atoms with van der Waals surface area (Å²) in [6, 6.07) is 5.64. The quantitative estimate of drug-likeness (QED) is 0.397. The fourth-order valence-electron chi connectivity index (χ4n) is 6.66. The molecule has 1 aliphatic carbocycles. The number of piperazine rings is 1. The molecule has 43 heavy (non-hydrogen) atoms. The van der Waals surface area contributed by atoms with Crippen molar-refractivity contribution in [2.24, 2.45) is 16.8 Å². The van der Waals surface area contributed by atoms with Crippen LogP contribution in [0.3, 0.4) is 0 Å². The summed E-state index contributed by atoms with van der Waals surface area (Å²) in [4.78, 5) is 42.4. The molecule has 2 aliphatic heterocycles. The van der Waals surface area contributed by atoms with E-state index in [1.54, 1.807) is 16.8 Å². The smallest absolute Gasteiger partial charge is 0.339 e. The molecule has 11 heteroatoms. The van der Waals surface area contributed by atoms with Gasteiger partial charge in [0.25, 0.3) is 5.91 Å². The van der Waals surface area contributed by atoms with Gasteiger partial charge in [0.15, 0.2) is 5.65 Å². The van der Waals surface area contributed by atoms with Crippen molar-refractivity contribution < 1.29 is 22.8 Å². The van der Waals surface area contributed by atoms with Crippen LogP contribution in [0.1, 0.15) is 65.5 Å². The van der Waals surface area contributed by atoms with E-state index in [0.717, 1.165) is 24.0 Å². The van der Waals surface area contributed by atoms with Crippen molar-refractivity contribution in [3.05, 3.63) is 70.9 Å². The number of alkyl halides is 3. The van der Waals surface area contributed by atoms with Crippen LogP contribution in [0.2, 0.25) is 0 Å². The van der Waals surface area contributed by atoms with Gasteiger partial charge in [0.1, 0.15) is 5.71 Å². The van der Waals surface area contributed by atoms with E-state index < -0.39 is 11.9 Å². The SMILES string of the molecule is Cc1cc(Cc2nccn3c(C4=CCN=C4C(F)(F)F)cnc23)ccc1C(=O)N1CCN(C(=O)C[C@H]2CC[C@@H](C)C2)CC1. The van der Waals surface area contributed by atoms with E-state index in [1.165, 1.54) is 18.7 Å². The molecule has 1 saturated heterocycles. The van der Waals surface area contributed by atoms with Crippen LogP contribution in [0, 0.1) is 18.8 Å². The van der Waals surface area contributed by atoms with E-state index in [-0.39, 0.29) is 23.9 Å². The first-order valence-corrected chi connectivity index (χ1v) is 14.9. The molecule has 2 atom stereocenters. The Morgan fingerprint density at radius 1 is 1.05 bits per heavy atom. The highest BCUT2D eigenvalue weighted by atomic mass is 19.4. The largest absolute Gasteiger partial charge is 0.433 e. The lowest BCUT2D eigenvalue weighted by molar-refractivity contribution is -0.133. The molecule has 2 fully saturated rings. The maximum Gasteiger partial charge on any atom is 0.433 e. The van der Waals surface area contributed by atoms with Gasteiger partial charge in [-0.3, -0.25) is 24.0 Å². The third-order valence-corrected chi connectivity index (χ3v) is 8.92. The van der Waals surface area contributed by atoms with Gasteiger partial charge in [-0.15, -0.1) is 0 Å². The highest BCUT2D eigenvalue weighted by Gasteiger charge is 2.40. The second-order valence-electron chi connectivity index (χ2n) is 12.0. The van der Waals surface area contributed by atoms with Gasteiger partial charge in [0, 0.05) is 62.6 Å². The molecule has 226 valence electrons. The van der Waals surface area contributed by atoms with Gasteiger partial charge in [0.05, 0.1) is 24.1 Å². The molecule has 3 aliphatic rings. The third-order valence-electron chi connectivity index (χ3n) is 8.92. The number of benzene rings is 1. The number of imidazole rings is 1. The van der Waals surface area contributed by atoms with Gasteiger partial charge in [-0.2, -0.15) is 13.2 Å². The second kappa shape index (κ2) is 11.6. The van der Waals surface area contributed by atoms with Crippen LogP contribution in [0.5, 0.6) is 0 Å². The first-order valence-electron chi connectivity index (χ1n) is 14.9. The summed E-state index contributed by atoms with van der Waals surface area (Å²) in [5.41, 5.74) is 2.88. The molecule has 1 aromatic carbocycles. The summed E-state index contributed by atoms with van der Waals surface area (Å²) in [6.07, 6.45) is 5.97. The molecular formula is C32H35F3N6O2.